The Morgan fingerprint density at radius 2 is 2.24 bits per heavy atom. The van der Waals surface area contributed by atoms with E-state index in [1.54, 1.807) is 6.92 Å². The number of aryl methyl sites for hydroxylation is 1. The van der Waals surface area contributed by atoms with Gasteiger partial charge in [0.15, 0.2) is 5.76 Å². The van der Waals surface area contributed by atoms with Gasteiger partial charge in [-0.15, -0.1) is 5.10 Å². The first-order chi connectivity index (χ1) is 7.99. The van der Waals surface area contributed by atoms with Crippen LogP contribution in [0.1, 0.15) is 17.5 Å². The van der Waals surface area contributed by atoms with E-state index < -0.39 is 10.8 Å². The Morgan fingerprint density at radius 1 is 1.53 bits per heavy atom. The van der Waals surface area contributed by atoms with E-state index in [-0.39, 0.29) is 17.5 Å². The molecule has 0 aromatic carbocycles. The third kappa shape index (κ3) is 1.92. The molecule has 2 rings (SSSR count). The summed E-state index contributed by atoms with van der Waals surface area (Å²) in [4.78, 5) is 24.9. The lowest BCUT2D eigenvalue weighted by Crippen LogP contribution is -2.09. The van der Waals surface area contributed by atoms with Gasteiger partial charge in [0.2, 0.25) is 11.7 Å². The van der Waals surface area contributed by atoms with Crippen LogP contribution in [-0.4, -0.2) is 25.6 Å². The van der Waals surface area contributed by atoms with E-state index >= 15 is 0 Å². The molecular weight excluding hydrogens is 228 g/mol. The van der Waals surface area contributed by atoms with Crippen molar-refractivity contribution in [2.24, 2.45) is 0 Å². The van der Waals surface area contributed by atoms with Crippen LogP contribution < -0.4 is 0 Å². The Labute approximate surface area is 95.0 Å². The molecule has 0 radical (unpaired) electrons. The van der Waals surface area contributed by atoms with E-state index in [0.29, 0.717) is 5.82 Å². The van der Waals surface area contributed by atoms with Gasteiger partial charge < -0.3 is 4.42 Å². The zero-order chi connectivity index (χ0) is 12.6. The molecule has 2 heterocycles. The first-order valence-electron chi connectivity index (χ1n) is 4.68. The maximum atomic E-state index is 11.1. The fourth-order valence-electron chi connectivity index (χ4n) is 1.34. The smallest absolute Gasteiger partial charge is 0.397 e. The number of carbonyl (C=O) groups is 1. The second kappa shape index (κ2) is 3.81. The zero-order valence-corrected chi connectivity index (χ0v) is 9.08. The van der Waals surface area contributed by atoms with Crippen LogP contribution >= 0.6 is 0 Å². The second-order valence-electron chi connectivity index (χ2n) is 3.31. The van der Waals surface area contributed by atoms with Gasteiger partial charge in [0, 0.05) is 6.92 Å². The first-order valence-corrected chi connectivity index (χ1v) is 4.68. The molecule has 17 heavy (non-hydrogen) atoms. The molecular formula is C9H8N4O4. The minimum Gasteiger partial charge on any atom is -0.397 e. The Balaban J connectivity index is 2.42. The molecule has 0 unspecified atom stereocenters. The lowest BCUT2D eigenvalue weighted by Gasteiger charge is -1.92. The van der Waals surface area contributed by atoms with E-state index in [1.165, 1.54) is 19.1 Å². The quantitative estimate of drug-likeness (QED) is 0.576. The van der Waals surface area contributed by atoms with E-state index in [4.69, 9.17) is 4.42 Å². The minimum atomic E-state index is -0.654. The van der Waals surface area contributed by atoms with Crippen LogP contribution in [0.2, 0.25) is 0 Å². The SMILES string of the molecule is CC(=O)n1nc(-c2ccc([N+](=O)[O-])o2)nc1C. The highest BCUT2D eigenvalue weighted by Gasteiger charge is 2.18. The highest BCUT2D eigenvalue weighted by atomic mass is 16.6. The van der Waals surface area contributed by atoms with Gasteiger partial charge >= 0.3 is 5.88 Å². The van der Waals surface area contributed by atoms with E-state index in [1.807, 2.05) is 0 Å². The van der Waals surface area contributed by atoms with Gasteiger partial charge in [-0.3, -0.25) is 14.9 Å². The standard InChI is InChI=1S/C9H8N4O4/c1-5-10-9(11-12(5)6(2)14)7-3-4-8(17-7)13(15)16/h3-4H,1-2H3. The lowest BCUT2D eigenvalue weighted by atomic mass is 10.4. The normalized spacial score (nSPS) is 10.5. The van der Waals surface area contributed by atoms with Crippen molar-refractivity contribution in [3.05, 3.63) is 28.1 Å². The van der Waals surface area contributed by atoms with Gasteiger partial charge in [0.1, 0.15) is 10.7 Å². The monoisotopic (exact) mass is 236 g/mol. The molecule has 0 aliphatic carbocycles. The Bertz CT molecular complexity index is 598. The summed E-state index contributed by atoms with van der Waals surface area (Å²) in [7, 11) is 0. The number of aromatic nitrogens is 3. The molecule has 0 fully saturated rings. The number of nitro groups is 1. The summed E-state index contributed by atoms with van der Waals surface area (Å²) < 4.78 is 6.03. The molecule has 2 aromatic heterocycles. The summed E-state index contributed by atoms with van der Waals surface area (Å²) in [6.07, 6.45) is 0. The van der Waals surface area contributed by atoms with Crippen molar-refractivity contribution in [2.75, 3.05) is 0 Å². The molecule has 8 heteroatoms. The molecule has 0 aliphatic heterocycles. The first kappa shape index (κ1) is 11.0. The number of hydrogen-bond donors (Lipinski definition) is 0. The minimum absolute atomic E-state index is 0.144. The maximum absolute atomic E-state index is 11.1. The average Bonchev–Trinajstić information content (AvgIpc) is 2.82. The van der Waals surface area contributed by atoms with Crippen LogP contribution in [0, 0.1) is 17.0 Å². The largest absolute Gasteiger partial charge is 0.433 e. The third-order valence-electron chi connectivity index (χ3n) is 2.06. The van der Waals surface area contributed by atoms with Gasteiger partial charge in [-0.25, -0.2) is 4.98 Å². The van der Waals surface area contributed by atoms with Crippen molar-refractivity contribution in [1.29, 1.82) is 0 Å². The molecule has 2 aromatic rings. The van der Waals surface area contributed by atoms with Crippen LogP contribution in [-0.2, 0) is 0 Å². The molecule has 0 atom stereocenters. The Morgan fingerprint density at radius 3 is 2.71 bits per heavy atom. The van der Waals surface area contributed by atoms with Crippen molar-refractivity contribution in [3.8, 4) is 11.6 Å². The van der Waals surface area contributed by atoms with Crippen LogP contribution in [0.25, 0.3) is 11.6 Å². The van der Waals surface area contributed by atoms with Gasteiger partial charge in [-0.2, -0.15) is 4.68 Å². The van der Waals surface area contributed by atoms with Crippen LogP contribution in [0.15, 0.2) is 16.5 Å². The predicted molar refractivity (Wildman–Crippen MR) is 55.4 cm³/mol. The number of nitrogens with zero attached hydrogens (tertiary/aromatic N) is 4. The van der Waals surface area contributed by atoms with Gasteiger partial charge in [-0.1, -0.05) is 0 Å². The maximum Gasteiger partial charge on any atom is 0.433 e. The molecule has 8 nitrogen and oxygen atoms in total. The van der Waals surface area contributed by atoms with Crippen molar-refractivity contribution < 1.29 is 14.1 Å². The summed E-state index contributed by atoms with van der Waals surface area (Å²) in [5.74, 6) is 0.0105. The molecule has 0 saturated carbocycles. The number of furan rings is 1. The summed E-state index contributed by atoms with van der Waals surface area (Å²) in [5, 5.41) is 14.3. The fourth-order valence-corrected chi connectivity index (χ4v) is 1.34. The van der Waals surface area contributed by atoms with Gasteiger partial charge in [-0.05, 0) is 13.0 Å². The zero-order valence-electron chi connectivity index (χ0n) is 9.08. The van der Waals surface area contributed by atoms with Crippen LogP contribution in [0.4, 0.5) is 5.88 Å². The molecule has 0 aliphatic rings. The summed E-state index contributed by atoms with van der Waals surface area (Å²) >= 11 is 0. The van der Waals surface area contributed by atoms with Crippen LogP contribution in [0.5, 0.6) is 0 Å². The van der Waals surface area contributed by atoms with E-state index in [2.05, 4.69) is 10.1 Å². The topological polar surface area (TPSA) is 104 Å². The fraction of sp³-hybridized carbons (Fsp3) is 0.222. The van der Waals surface area contributed by atoms with Gasteiger partial charge in [0.25, 0.3) is 0 Å². The lowest BCUT2D eigenvalue weighted by molar-refractivity contribution is -0.401. The summed E-state index contributed by atoms with van der Waals surface area (Å²) in [6.45, 7) is 2.95. The molecule has 88 valence electrons. The number of hydrogen-bond acceptors (Lipinski definition) is 6. The average molecular weight is 236 g/mol. The van der Waals surface area contributed by atoms with Crippen molar-refractivity contribution in [1.82, 2.24) is 14.8 Å². The second-order valence-corrected chi connectivity index (χ2v) is 3.31. The Kier molecular flexibility index (Phi) is 2.47. The summed E-state index contributed by atoms with van der Waals surface area (Å²) in [5.41, 5.74) is 0. The predicted octanol–water partition coefficient (Wildman–Crippen LogP) is 1.41. The van der Waals surface area contributed by atoms with Crippen LogP contribution in [0.3, 0.4) is 0 Å². The summed E-state index contributed by atoms with van der Waals surface area (Å²) in [6, 6.07) is 2.59. The highest BCUT2D eigenvalue weighted by molar-refractivity contribution is 5.76. The van der Waals surface area contributed by atoms with Crippen molar-refractivity contribution >= 4 is 11.8 Å². The molecule has 0 spiro atoms. The molecule has 0 N–H and O–H groups in total. The third-order valence-corrected chi connectivity index (χ3v) is 2.06. The van der Waals surface area contributed by atoms with E-state index in [0.717, 1.165) is 4.68 Å². The Hall–Kier alpha value is -2.51. The molecule has 0 saturated heterocycles. The molecule has 0 amide bonds. The number of carbonyl (C=O) groups excluding carboxylic acids is 1. The number of rotatable bonds is 2. The van der Waals surface area contributed by atoms with Crippen molar-refractivity contribution in [3.63, 3.8) is 0 Å². The van der Waals surface area contributed by atoms with Gasteiger partial charge in [0.05, 0.1) is 6.07 Å². The van der Waals surface area contributed by atoms with Crippen molar-refractivity contribution in [2.45, 2.75) is 13.8 Å². The highest BCUT2D eigenvalue weighted by Crippen LogP contribution is 2.23. The van der Waals surface area contributed by atoms with E-state index in [9.17, 15) is 14.9 Å². The molecule has 0 bridgehead atoms.